The molecule has 1 fully saturated rings. The van der Waals surface area contributed by atoms with Crippen LogP contribution in [-0.2, 0) is 4.74 Å². The van der Waals surface area contributed by atoms with Crippen LogP contribution in [0.1, 0.15) is 34.1 Å². The number of rotatable bonds is 7. The Kier molecular flexibility index (Phi) is 6.69. The summed E-state index contributed by atoms with van der Waals surface area (Å²) < 4.78 is 22.3. The van der Waals surface area contributed by atoms with Gasteiger partial charge in [0.2, 0.25) is 5.76 Å². The summed E-state index contributed by atoms with van der Waals surface area (Å²) in [5, 5.41) is 0.781. The van der Waals surface area contributed by atoms with Crippen LogP contribution in [-0.4, -0.2) is 69.3 Å². The lowest BCUT2D eigenvalue weighted by Gasteiger charge is -2.29. The van der Waals surface area contributed by atoms with Crippen molar-refractivity contribution >= 4 is 28.5 Å². The van der Waals surface area contributed by atoms with E-state index in [0.717, 1.165) is 44.8 Å². The minimum Gasteiger partial charge on any atom is -0.493 e. The number of morpholine rings is 1. The first-order chi connectivity index (χ1) is 17.0. The third-order valence-electron chi connectivity index (χ3n) is 6.63. The maximum atomic E-state index is 13.7. The monoisotopic (exact) mass is 498 g/mol. The van der Waals surface area contributed by atoms with Crippen molar-refractivity contribution in [3.63, 3.8) is 0 Å². The predicted molar refractivity (Wildman–Crippen MR) is 132 cm³/mol. The van der Waals surface area contributed by atoms with Crippen LogP contribution in [0.5, 0.6) is 11.5 Å². The number of amides is 1. The number of benzene rings is 2. The Morgan fingerprint density at radius 1 is 1.00 bits per heavy atom. The Balaban J connectivity index is 1.57. The van der Waals surface area contributed by atoms with E-state index in [1.165, 1.54) is 0 Å². The number of hydrogen-bond acceptors (Lipinski definition) is 7. The third-order valence-corrected chi connectivity index (χ3v) is 6.86. The van der Waals surface area contributed by atoms with Gasteiger partial charge in [-0.05, 0) is 42.3 Å². The molecule has 0 bridgehead atoms. The van der Waals surface area contributed by atoms with Gasteiger partial charge in [0.25, 0.3) is 5.91 Å². The fraction of sp³-hybridized carbons (Fsp3) is 0.385. The van der Waals surface area contributed by atoms with E-state index in [0.29, 0.717) is 39.6 Å². The minimum absolute atomic E-state index is 0.0796. The minimum atomic E-state index is -0.610. The van der Waals surface area contributed by atoms with E-state index in [-0.39, 0.29) is 17.1 Å². The number of carbonyl (C=O) groups excluding carboxylic acids is 1. The molecule has 5 rings (SSSR count). The molecule has 35 heavy (non-hydrogen) atoms. The second-order valence-electron chi connectivity index (χ2n) is 8.64. The van der Waals surface area contributed by atoms with Crippen LogP contribution in [0.3, 0.4) is 0 Å². The zero-order valence-corrected chi connectivity index (χ0v) is 20.5. The van der Waals surface area contributed by atoms with Crippen molar-refractivity contribution in [3.05, 3.63) is 68.5 Å². The number of halogens is 1. The molecule has 0 saturated carbocycles. The van der Waals surface area contributed by atoms with Crippen molar-refractivity contribution in [2.24, 2.45) is 0 Å². The zero-order valence-electron chi connectivity index (χ0n) is 19.7. The van der Waals surface area contributed by atoms with Gasteiger partial charge in [0.1, 0.15) is 5.58 Å². The summed E-state index contributed by atoms with van der Waals surface area (Å²) in [5.41, 5.74) is 1.15. The van der Waals surface area contributed by atoms with Gasteiger partial charge in [0.15, 0.2) is 16.9 Å². The predicted octanol–water partition coefficient (Wildman–Crippen LogP) is 3.73. The largest absolute Gasteiger partial charge is 0.493 e. The van der Waals surface area contributed by atoms with Gasteiger partial charge < -0.3 is 23.5 Å². The van der Waals surface area contributed by atoms with E-state index in [1.54, 1.807) is 43.4 Å². The van der Waals surface area contributed by atoms with Gasteiger partial charge >= 0.3 is 0 Å². The molecular weight excluding hydrogens is 472 g/mol. The van der Waals surface area contributed by atoms with Gasteiger partial charge in [-0.2, -0.15) is 0 Å². The van der Waals surface area contributed by atoms with Crippen LogP contribution in [0, 0.1) is 0 Å². The van der Waals surface area contributed by atoms with E-state index < -0.39 is 6.04 Å². The molecule has 0 spiro atoms. The van der Waals surface area contributed by atoms with Crippen molar-refractivity contribution in [3.8, 4) is 11.5 Å². The Hall–Kier alpha value is -3.07. The highest BCUT2D eigenvalue weighted by atomic mass is 35.5. The summed E-state index contributed by atoms with van der Waals surface area (Å²) in [6.07, 6.45) is 0.753. The van der Waals surface area contributed by atoms with E-state index in [2.05, 4.69) is 4.90 Å². The number of nitrogens with zero attached hydrogens (tertiary/aromatic N) is 2. The smallest absolute Gasteiger partial charge is 0.290 e. The van der Waals surface area contributed by atoms with E-state index >= 15 is 0 Å². The summed E-state index contributed by atoms with van der Waals surface area (Å²) in [7, 11) is 3.12. The molecular formula is C26H27ClN2O6. The lowest BCUT2D eigenvalue weighted by Crippen LogP contribution is -2.38. The SMILES string of the molecule is COc1ccc([C@@H]2c3c(oc4ccc(Cl)cc4c3=O)C(=O)N2CCCN2CCOCC2)cc1OC. The quantitative estimate of drug-likeness (QED) is 0.491. The summed E-state index contributed by atoms with van der Waals surface area (Å²) in [6.45, 7) is 4.49. The molecule has 0 aliphatic carbocycles. The van der Waals surface area contributed by atoms with Gasteiger partial charge in [0, 0.05) is 31.2 Å². The van der Waals surface area contributed by atoms with E-state index in [4.69, 9.17) is 30.2 Å². The highest BCUT2D eigenvalue weighted by Crippen LogP contribution is 2.41. The van der Waals surface area contributed by atoms with Crippen LogP contribution in [0.15, 0.2) is 45.6 Å². The molecule has 0 N–H and O–H groups in total. The van der Waals surface area contributed by atoms with Crippen LogP contribution < -0.4 is 14.9 Å². The molecule has 1 atom stereocenters. The Morgan fingerprint density at radius 3 is 2.51 bits per heavy atom. The summed E-state index contributed by atoms with van der Waals surface area (Å²) in [4.78, 5) is 31.3. The number of carbonyl (C=O) groups is 1. The molecule has 8 nitrogen and oxygen atoms in total. The second kappa shape index (κ2) is 9.89. The van der Waals surface area contributed by atoms with Crippen molar-refractivity contribution in [2.45, 2.75) is 12.5 Å². The third kappa shape index (κ3) is 4.37. The van der Waals surface area contributed by atoms with Crippen LogP contribution in [0.2, 0.25) is 5.02 Å². The lowest BCUT2D eigenvalue weighted by atomic mass is 9.98. The molecule has 2 aliphatic heterocycles. The first kappa shape index (κ1) is 23.7. The zero-order chi connectivity index (χ0) is 24.5. The number of ether oxygens (including phenoxy) is 3. The normalized spacial score (nSPS) is 18.2. The van der Waals surface area contributed by atoms with Gasteiger partial charge in [0.05, 0.1) is 44.4 Å². The maximum absolute atomic E-state index is 13.7. The van der Waals surface area contributed by atoms with Gasteiger partial charge in [-0.1, -0.05) is 17.7 Å². The average molecular weight is 499 g/mol. The standard InChI is InChI=1S/C26H27ClN2O6/c1-32-20-6-4-16(14-21(20)33-2)23-22-24(30)18-15-17(27)5-7-19(18)35-25(22)26(31)29(23)9-3-8-28-10-12-34-13-11-28/h4-7,14-15,23H,3,8-13H2,1-2H3/t23-/m1/s1. The van der Waals surface area contributed by atoms with Gasteiger partial charge in [-0.25, -0.2) is 0 Å². The molecule has 2 aliphatic rings. The van der Waals surface area contributed by atoms with Crippen LogP contribution in [0.25, 0.3) is 11.0 Å². The number of hydrogen-bond donors (Lipinski definition) is 0. The lowest BCUT2D eigenvalue weighted by molar-refractivity contribution is 0.0353. The fourth-order valence-electron chi connectivity index (χ4n) is 4.88. The van der Waals surface area contributed by atoms with Gasteiger partial charge in [-0.3, -0.25) is 14.5 Å². The van der Waals surface area contributed by atoms with Crippen molar-refractivity contribution in [1.29, 1.82) is 0 Å². The highest BCUT2D eigenvalue weighted by Gasteiger charge is 2.42. The van der Waals surface area contributed by atoms with Crippen molar-refractivity contribution < 1.29 is 23.4 Å². The first-order valence-corrected chi connectivity index (χ1v) is 12.0. The average Bonchev–Trinajstić information content (AvgIpc) is 3.16. The second-order valence-corrected chi connectivity index (χ2v) is 9.07. The Labute approximate surface area is 207 Å². The first-order valence-electron chi connectivity index (χ1n) is 11.6. The highest BCUT2D eigenvalue weighted by molar-refractivity contribution is 6.31. The molecule has 3 heterocycles. The topological polar surface area (TPSA) is 81.5 Å². The van der Waals surface area contributed by atoms with E-state index in [9.17, 15) is 9.59 Å². The summed E-state index contributed by atoms with van der Waals surface area (Å²) in [6, 6.07) is 9.68. The Morgan fingerprint density at radius 2 is 1.77 bits per heavy atom. The van der Waals surface area contributed by atoms with E-state index in [1.807, 2.05) is 12.1 Å². The molecule has 9 heteroatoms. The van der Waals surface area contributed by atoms with Crippen molar-refractivity contribution in [2.75, 3.05) is 53.6 Å². The fourth-order valence-corrected chi connectivity index (χ4v) is 5.05. The van der Waals surface area contributed by atoms with Crippen LogP contribution >= 0.6 is 11.6 Å². The molecule has 0 radical (unpaired) electrons. The molecule has 1 aromatic heterocycles. The maximum Gasteiger partial charge on any atom is 0.290 e. The van der Waals surface area contributed by atoms with Gasteiger partial charge in [-0.15, -0.1) is 0 Å². The molecule has 1 saturated heterocycles. The summed E-state index contributed by atoms with van der Waals surface area (Å²) in [5.74, 6) is 0.871. The van der Waals surface area contributed by atoms with Crippen LogP contribution in [0.4, 0.5) is 0 Å². The molecule has 1 amide bonds. The number of methoxy groups -OCH3 is 2. The Bertz CT molecular complexity index is 1320. The molecule has 184 valence electrons. The van der Waals surface area contributed by atoms with Crippen molar-refractivity contribution in [1.82, 2.24) is 9.80 Å². The molecule has 0 unspecified atom stereocenters. The summed E-state index contributed by atoms with van der Waals surface area (Å²) >= 11 is 6.17. The molecule has 3 aromatic rings. The molecule has 2 aromatic carbocycles. The number of fused-ring (bicyclic) bond motifs is 2.